The van der Waals surface area contributed by atoms with Gasteiger partial charge in [0.1, 0.15) is 11.6 Å². The van der Waals surface area contributed by atoms with Gasteiger partial charge in [0.05, 0.1) is 5.69 Å². The third kappa shape index (κ3) is 2.64. The minimum atomic E-state index is -0.249. The van der Waals surface area contributed by atoms with Gasteiger partial charge in [0.15, 0.2) is 0 Å². The highest BCUT2D eigenvalue weighted by Crippen LogP contribution is 2.24. The highest BCUT2D eigenvalue weighted by molar-refractivity contribution is 9.08. The predicted octanol–water partition coefficient (Wildman–Crippen LogP) is 3.88. The molecule has 0 atom stereocenters. The van der Waals surface area contributed by atoms with Gasteiger partial charge in [-0.15, -0.1) is 0 Å². The van der Waals surface area contributed by atoms with Crippen LogP contribution < -0.4 is 4.90 Å². The Kier molecular flexibility index (Phi) is 3.74. The fraction of sp³-hybridized carbons (Fsp3) is 0.154. The maximum atomic E-state index is 13.6. The van der Waals surface area contributed by atoms with E-state index in [1.807, 2.05) is 18.2 Å². The highest BCUT2D eigenvalue weighted by Gasteiger charge is 2.09. The molecule has 0 bridgehead atoms. The molecular weight excluding hydrogens is 283 g/mol. The molecule has 17 heavy (non-hydrogen) atoms. The van der Waals surface area contributed by atoms with Crippen molar-refractivity contribution < 1.29 is 4.39 Å². The van der Waals surface area contributed by atoms with Crippen molar-refractivity contribution >= 4 is 27.4 Å². The summed E-state index contributed by atoms with van der Waals surface area (Å²) >= 11 is 3.36. The van der Waals surface area contributed by atoms with Gasteiger partial charge in [0.2, 0.25) is 0 Å². The number of nitrogens with zero attached hydrogens (tertiary/aromatic N) is 2. The van der Waals surface area contributed by atoms with E-state index < -0.39 is 0 Å². The highest BCUT2D eigenvalue weighted by atomic mass is 79.9. The van der Waals surface area contributed by atoms with Crippen LogP contribution in [0.4, 0.5) is 15.9 Å². The number of para-hydroxylation sites is 1. The van der Waals surface area contributed by atoms with Crippen LogP contribution in [0.3, 0.4) is 0 Å². The molecule has 0 aliphatic heterocycles. The van der Waals surface area contributed by atoms with Crippen LogP contribution in [0, 0.1) is 5.82 Å². The van der Waals surface area contributed by atoms with E-state index in [1.54, 1.807) is 30.3 Å². The van der Waals surface area contributed by atoms with Gasteiger partial charge in [0, 0.05) is 18.6 Å². The van der Waals surface area contributed by atoms with E-state index in [0.29, 0.717) is 5.69 Å². The minimum Gasteiger partial charge on any atom is -0.327 e. The normalized spacial score (nSPS) is 10.3. The summed E-state index contributed by atoms with van der Waals surface area (Å²) in [5.74, 6) is 0.473. The molecular formula is C13H12BrFN2. The van der Waals surface area contributed by atoms with Gasteiger partial charge >= 0.3 is 0 Å². The van der Waals surface area contributed by atoms with Crippen molar-refractivity contribution in [1.82, 2.24) is 4.98 Å². The summed E-state index contributed by atoms with van der Waals surface area (Å²) in [5.41, 5.74) is 1.61. The second-order valence-corrected chi connectivity index (χ2v) is 4.23. The molecule has 0 saturated heterocycles. The van der Waals surface area contributed by atoms with Gasteiger partial charge in [-0.2, -0.15) is 0 Å². The zero-order valence-corrected chi connectivity index (χ0v) is 11.0. The maximum absolute atomic E-state index is 13.6. The summed E-state index contributed by atoms with van der Waals surface area (Å²) in [7, 11) is 1.80. The number of rotatable bonds is 3. The SMILES string of the molecule is CN(c1ccc(CBr)cn1)c1ccccc1F. The average molecular weight is 295 g/mol. The summed E-state index contributed by atoms with van der Waals surface area (Å²) in [6.07, 6.45) is 1.78. The fourth-order valence-electron chi connectivity index (χ4n) is 1.54. The number of alkyl halides is 1. The Morgan fingerprint density at radius 1 is 1.24 bits per heavy atom. The standard InChI is InChI=1S/C13H12BrFN2/c1-17(12-5-3-2-4-11(12)15)13-7-6-10(8-14)9-16-13/h2-7,9H,8H2,1H3. The molecule has 0 aliphatic carbocycles. The number of hydrogen-bond acceptors (Lipinski definition) is 2. The van der Waals surface area contributed by atoms with E-state index in [9.17, 15) is 4.39 Å². The van der Waals surface area contributed by atoms with Crippen LogP contribution in [-0.2, 0) is 5.33 Å². The molecule has 1 aromatic carbocycles. The molecule has 4 heteroatoms. The number of pyridine rings is 1. The molecule has 0 radical (unpaired) electrons. The second kappa shape index (κ2) is 5.27. The summed E-state index contributed by atoms with van der Waals surface area (Å²) < 4.78 is 13.6. The van der Waals surface area contributed by atoms with Crippen molar-refractivity contribution in [3.05, 3.63) is 54.0 Å². The number of aromatic nitrogens is 1. The van der Waals surface area contributed by atoms with Crippen LogP contribution in [0.15, 0.2) is 42.6 Å². The second-order valence-electron chi connectivity index (χ2n) is 3.67. The molecule has 0 unspecified atom stereocenters. The molecule has 1 aromatic heterocycles. The zero-order valence-electron chi connectivity index (χ0n) is 9.40. The summed E-state index contributed by atoms with van der Waals surface area (Å²) in [5, 5.41) is 0.768. The maximum Gasteiger partial charge on any atom is 0.146 e. The van der Waals surface area contributed by atoms with Gasteiger partial charge in [-0.3, -0.25) is 0 Å². The predicted molar refractivity (Wildman–Crippen MR) is 71.3 cm³/mol. The lowest BCUT2D eigenvalue weighted by atomic mass is 10.2. The average Bonchev–Trinajstić information content (AvgIpc) is 2.39. The zero-order chi connectivity index (χ0) is 12.3. The van der Waals surface area contributed by atoms with Crippen molar-refractivity contribution in [3.8, 4) is 0 Å². The third-order valence-corrected chi connectivity index (χ3v) is 3.17. The Morgan fingerprint density at radius 2 is 2.00 bits per heavy atom. The molecule has 2 nitrogen and oxygen atoms in total. The monoisotopic (exact) mass is 294 g/mol. The lowest BCUT2D eigenvalue weighted by molar-refractivity contribution is 0.627. The van der Waals surface area contributed by atoms with Crippen LogP contribution in [0.2, 0.25) is 0 Å². The minimum absolute atomic E-state index is 0.249. The molecule has 2 rings (SSSR count). The van der Waals surface area contributed by atoms with E-state index in [1.165, 1.54) is 6.07 Å². The topological polar surface area (TPSA) is 16.1 Å². The first kappa shape index (κ1) is 12.0. The number of benzene rings is 1. The van der Waals surface area contributed by atoms with Gasteiger partial charge < -0.3 is 4.90 Å². The summed E-state index contributed by atoms with van der Waals surface area (Å²) in [6, 6.07) is 10.5. The van der Waals surface area contributed by atoms with E-state index in [4.69, 9.17) is 0 Å². The Morgan fingerprint density at radius 3 is 2.59 bits per heavy atom. The largest absolute Gasteiger partial charge is 0.327 e. The lowest BCUT2D eigenvalue weighted by Crippen LogP contribution is -2.12. The molecule has 1 heterocycles. The van der Waals surface area contributed by atoms with Crippen LogP contribution in [0.25, 0.3) is 0 Å². The van der Waals surface area contributed by atoms with Gasteiger partial charge in [-0.05, 0) is 23.8 Å². The van der Waals surface area contributed by atoms with Crippen LogP contribution in [0.1, 0.15) is 5.56 Å². The number of anilines is 2. The smallest absolute Gasteiger partial charge is 0.146 e. The molecule has 0 saturated carbocycles. The van der Waals surface area contributed by atoms with Gasteiger partial charge in [-0.25, -0.2) is 9.37 Å². The number of halogens is 2. The van der Waals surface area contributed by atoms with Gasteiger partial charge in [-0.1, -0.05) is 34.1 Å². The van der Waals surface area contributed by atoms with Crippen molar-refractivity contribution in [3.63, 3.8) is 0 Å². The van der Waals surface area contributed by atoms with E-state index >= 15 is 0 Å². The van der Waals surface area contributed by atoms with E-state index in [2.05, 4.69) is 20.9 Å². The quantitative estimate of drug-likeness (QED) is 0.799. The van der Waals surface area contributed by atoms with E-state index in [0.717, 1.165) is 16.7 Å². The Bertz CT molecular complexity index is 499. The molecule has 0 spiro atoms. The van der Waals surface area contributed by atoms with Crippen molar-refractivity contribution in [2.45, 2.75) is 5.33 Å². The fourth-order valence-corrected chi connectivity index (χ4v) is 1.87. The molecule has 2 aromatic rings. The van der Waals surface area contributed by atoms with Gasteiger partial charge in [0.25, 0.3) is 0 Å². The van der Waals surface area contributed by atoms with E-state index in [-0.39, 0.29) is 5.82 Å². The van der Waals surface area contributed by atoms with Crippen LogP contribution in [-0.4, -0.2) is 12.0 Å². The Labute approximate surface area is 108 Å². The molecule has 0 aliphatic rings. The molecule has 0 fully saturated rings. The van der Waals surface area contributed by atoms with Crippen molar-refractivity contribution in [2.75, 3.05) is 11.9 Å². The molecule has 88 valence electrons. The van der Waals surface area contributed by atoms with Crippen LogP contribution in [0.5, 0.6) is 0 Å². The molecule has 0 N–H and O–H groups in total. The Balaban J connectivity index is 2.30. The van der Waals surface area contributed by atoms with Crippen molar-refractivity contribution in [2.24, 2.45) is 0 Å². The van der Waals surface area contributed by atoms with Crippen molar-refractivity contribution in [1.29, 1.82) is 0 Å². The molecule has 0 amide bonds. The first-order chi connectivity index (χ1) is 8.22. The van der Waals surface area contributed by atoms with Crippen LogP contribution >= 0.6 is 15.9 Å². The lowest BCUT2D eigenvalue weighted by Gasteiger charge is -2.18. The number of hydrogen-bond donors (Lipinski definition) is 0. The third-order valence-electron chi connectivity index (χ3n) is 2.52. The Hall–Kier alpha value is -1.42. The first-order valence-corrected chi connectivity index (χ1v) is 6.33. The first-order valence-electron chi connectivity index (χ1n) is 5.21. The summed E-state index contributed by atoms with van der Waals surface area (Å²) in [4.78, 5) is 6.03. The summed E-state index contributed by atoms with van der Waals surface area (Å²) in [6.45, 7) is 0.